The van der Waals surface area contributed by atoms with E-state index in [0.717, 1.165) is 6.42 Å². The number of benzene rings is 1. The van der Waals surface area contributed by atoms with Crippen molar-refractivity contribution >= 4 is 19.1 Å². The van der Waals surface area contributed by atoms with E-state index in [2.05, 4.69) is 11.9 Å². The second-order valence-corrected chi connectivity index (χ2v) is 6.86. The van der Waals surface area contributed by atoms with Crippen LogP contribution in [0.15, 0.2) is 36.4 Å². The third kappa shape index (κ3) is 6.89. The highest BCUT2D eigenvalue weighted by molar-refractivity contribution is 6.43. The van der Waals surface area contributed by atoms with Crippen molar-refractivity contribution in [2.24, 2.45) is 0 Å². The number of carbonyl (C=O) groups is 2. The highest BCUT2D eigenvalue weighted by Crippen LogP contribution is 2.16. The predicted octanol–water partition coefficient (Wildman–Crippen LogP) is 0.936. The molecule has 0 saturated carbocycles. The van der Waals surface area contributed by atoms with Crippen molar-refractivity contribution in [1.29, 1.82) is 5.26 Å². The molecule has 0 spiro atoms. The van der Waals surface area contributed by atoms with E-state index in [1.807, 2.05) is 0 Å². The van der Waals surface area contributed by atoms with Crippen LogP contribution >= 0.6 is 0 Å². The minimum Gasteiger partial charge on any atom is -0.444 e. The number of hydrogen-bond donors (Lipinski definition) is 3. The second-order valence-electron chi connectivity index (χ2n) is 6.86. The number of ether oxygens (including phenoxy) is 1. The van der Waals surface area contributed by atoms with Crippen molar-refractivity contribution in [2.45, 2.75) is 37.7 Å². The quantitative estimate of drug-likeness (QED) is 0.369. The lowest BCUT2D eigenvalue weighted by Gasteiger charge is -2.25. The molecule has 2 amide bonds. The lowest BCUT2D eigenvalue weighted by atomic mass is 9.76. The molecule has 2 atom stereocenters. The highest BCUT2D eigenvalue weighted by Gasteiger charge is 2.29. The van der Waals surface area contributed by atoms with E-state index in [4.69, 9.17) is 10.00 Å². The van der Waals surface area contributed by atoms with Crippen molar-refractivity contribution in [1.82, 2.24) is 10.2 Å². The molecular weight excluding hydrogens is 380 g/mol. The topological polar surface area (TPSA) is 123 Å². The molecular formula is C19H23BFN3O5. The Kier molecular flexibility index (Phi) is 8.18. The van der Waals surface area contributed by atoms with Crippen LogP contribution < -0.4 is 5.32 Å². The fourth-order valence-corrected chi connectivity index (χ4v) is 3.06. The summed E-state index contributed by atoms with van der Waals surface area (Å²) in [5.74, 6) is -1.98. The lowest BCUT2D eigenvalue weighted by molar-refractivity contribution is -0.127. The van der Waals surface area contributed by atoms with Crippen molar-refractivity contribution in [2.75, 3.05) is 13.1 Å². The number of carbonyl (C=O) groups excluding carboxylic acids is 2. The third-order valence-electron chi connectivity index (χ3n) is 4.61. The predicted molar refractivity (Wildman–Crippen MR) is 103 cm³/mol. The monoisotopic (exact) mass is 403 g/mol. The molecule has 1 aliphatic heterocycles. The minimum atomic E-state index is -1.85. The molecule has 0 unspecified atom stereocenters. The van der Waals surface area contributed by atoms with Gasteiger partial charge < -0.3 is 25.0 Å². The molecule has 0 aromatic heterocycles. The molecule has 0 radical (unpaired) electrons. The number of nitrogens with zero attached hydrogens (tertiary/aromatic N) is 2. The van der Waals surface area contributed by atoms with Gasteiger partial charge in [-0.25, -0.2) is 9.18 Å². The fourth-order valence-electron chi connectivity index (χ4n) is 3.06. The maximum Gasteiger partial charge on any atom is 0.475 e. The average molecular weight is 403 g/mol. The molecule has 3 N–H and O–H groups in total. The number of nitrogens with one attached hydrogen (secondary N) is 1. The zero-order valence-electron chi connectivity index (χ0n) is 15.9. The van der Waals surface area contributed by atoms with Gasteiger partial charge in [-0.3, -0.25) is 4.79 Å². The van der Waals surface area contributed by atoms with Gasteiger partial charge in [-0.15, -0.1) is 0 Å². The first-order valence-corrected chi connectivity index (χ1v) is 9.26. The van der Waals surface area contributed by atoms with Crippen LogP contribution in [-0.4, -0.2) is 59.2 Å². The standard InChI is InChI=1S/C19H23BFN3O5/c1-13(11-22)18(25)24-9-3-2-4-16(12-24)29-19(26)23-17(20(27)28)10-14-5-7-15(21)8-6-14/h5-8,16-17,27-28H,1-4,9-10,12H2,(H,23,26)/t16-,17+/m1/s1. The van der Waals surface area contributed by atoms with Gasteiger partial charge in [-0.2, -0.15) is 5.26 Å². The molecule has 154 valence electrons. The van der Waals surface area contributed by atoms with Gasteiger partial charge in [0.25, 0.3) is 5.91 Å². The maximum absolute atomic E-state index is 13.0. The van der Waals surface area contributed by atoms with E-state index in [9.17, 15) is 24.0 Å². The first kappa shape index (κ1) is 22.4. The van der Waals surface area contributed by atoms with Crippen LogP contribution in [0.25, 0.3) is 0 Å². The normalized spacial score (nSPS) is 17.4. The van der Waals surface area contributed by atoms with Gasteiger partial charge in [0.15, 0.2) is 0 Å². The Morgan fingerprint density at radius 3 is 2.69 bits per heavy atom. The summed E-state index contributed by atoms with van der Waals surface area (Å²) in [7, 11) is -1.85. The Hall–Kier alpha value is -2.90. The number of nitriles is 1. The average Bonchev–Trinajstić information content (AvgIpc) is 2.93. The largest absolute Gasteiger partial charge is 0.475 e. The summed E-state index contributed by atoms with van der Waals surface area (Å²) in [4.78, 5) is 25.8. The van der Waals surface area contributed by atoms with E-state index in [-0.39, 0.29) is 18.5 Å². The molecule has 29 heavy (non-hydrogen) atoms. The van der Waals surface area contributed by atoms with E-state index in [1.54, 1.807) is 6.07 Å². The number of halogens is 1. The molecule has 1 aromatic carbocycles. The Morgan fingerprint density at radius 2 is 2.07 bits per heavy atom. The van der Waals surface area contributed by atoms with Gasteiger partial charge >= 0.3 is 13.2 Å². The summed E-state index contributed by atoms with van der Waals surface area (Å²) in [6, 6.07) is 7.15. The summed E-state index contributed by atoms with van der Waals surface area (Å²) in [5.41, 5.74) is 0.420. The zero-order valence-corrected chi connectivity index (χ0v) is 15.9. The fraction of sp³-hybridized carbons (Fsp3) is 0.421. The van der Waals surface area contributed by atoms with Gasteiger partial charge in [0.1, 0.15) is 23.6 Å². The van der Waals surface area contributed by atoms with Crippen LogP contribution in [0.4, 0.5) is 9.18 Å². The highest BCUT2D eigenvalue weighted by atomic mass is 19.1. The van der Waals surface area contributed by atoms with E-state index >= 15 is 0 Å². The number of likely N-dealkylation sites (tertiary alicyclic amines) is 1. The van der Waals surface area contributed by atoms with Gasteiger partial charge in [0, 0.05) is 6.54 Å². The number of amides is 2. The molecule has 1 aliphatic rings. The molecule has 1 fully saturated rings. The Balaban J connectivity index is 1.95. The first-order chi connectivity index (χ1) is 13.8. The number of alkyl carbamates (subject to hydrolysis) is 1. The Labute approximate surface area is 168 Å². The molecule has 1 heterocycles. The number of rotatable bonds is 6. The van der Waals surface area contributed by atoms with Crippen LogP contribution in [0.1, 0.15) is 24.8 Å². The SMILES string of the molecule is C=C(C#N)C(=O)N1CCCC[C@@H](OC(=O)N[C@@H](Cc2ccc(F)cc2)B(O)O)C1. The smallest absolute Gasteiger partial charge is 0.444 e. The summed E-state index contributed by atoms with van der Waals surface area (Å²) in [6.07, 6.45) is 0.556. The van der Waals surface area contributed by atoms with Crippen LogP contribution in [-0.2, 0) is 16.0 Å². The molecule has 10 heteroatoms. The van der Waals surface area contributed by atoms with Crippen LogP contribution in [0.3, 0.4) is 0 Å². The minimum absolute atomic E-state index is 0.0598. The molecule has 8 nitrogen and oxygen atoms in total. The van der Waals surface area contributed by atoms with Gasteiger partial charge in [0.05, 0.1) is 12.5 Å². The third-order valence-corrected chi connectivity index (χ3v) is 4.61. The summed E-state index contributed by atoms with van der Waals surface area (Å²) >= 11 is 0. The lowest BCUT2D eigenvalue weighted by Crippen LogP contribution is -2.49. The van der Waals surface area contributed by atoms with Gasteiger partial charge in [-0.05, 0) is 43.4 Å². The summed E-state index contributed by atoms with van der Waals surface area (Å²) in [6.45, 7) is 3.97. The molecule has 0 bridgehead atoms. The van der Waals surface area contributed by atoms with Crippen LogP contribution in [0, 0.1) is 17.1 Å². The molecule has 1 aromatic rings. The van der Waals surface area contributed by atoms with Gasteiger partial charge in [0.2, 0.25) is 0 Å². The van der Waals surface area contributed by atoms with Crippen molar-refractivity contribution in [3.63, 3.8) is 0 Å². The summed E-state index contributed by atoms with van der Waals surface area (Å²) in [5, 5.41) is 30.3. The Morgan fingerprint density at radius 1 is 1.38 bits per heavy atom. The molecule has 1 saturated heterocycles. The zero-order chi connectivity index (χ0) is 21.4. The maximum atomic E-state index is 13.0. The van der Waals surface area contributed by atoms with Crippen molar-refractivity contribution < 1.29 is 28.8 Å². The van der Waals surface area contributed by atoms with Crippen LogP contribution in [0.5, 0.6) is 0 Å². The Bertz CT molecular complexity index is 781. The van der Waals surface area contributed by atoms with E-state index < -0.39 is 37.0 Å². The van der Waals surface area contributed by atoms with Gasteiger partial charge in [-0.1, -0.05) is 18.7 Å². The molecule has 0 aliphatic carbocycles. The first-order valence-electron chi connectivity index (χ1n) is 9.26. The summed E-state index contributed by atoms with van der Waals surface area (Å²) < 4.78 is 18.4. The van der Waals surface area contributed by atoms with E-state index in [1.165, 1.54) is 29.2 Å². The second kappa shape index (κ2) is 10.6. The van der Waals surface area contributed by atoms with Crippen molar-refractivity contribution in [3.8, 4) is 6.07 Å². The number of hydrogen-bond acceptors (Lipinski definition) is 6. The van der Waals surface area contributed by atoms with Crippen molar-refractivity contribution in [3.05, 3.63) is 47.8 Å². The molecule has 2 rings (SSSR count). The van der Waals surface area contributed by atoms with Crippen LogP contribution in [0.2, 0.25) is 0 Å². The van der Waals surface area contributed by atoms with E-state index in [0.29, 0.717) is 24.9 Å².